The van der Waals surface area contributed by atoms with Gasteiger partial charge in [0.25, 0.3) is 5.95 Å². The Labute approximate surface area is 169 Å². The molecule has 0 aliphatic carbocycles. The lowest BCUT2D eigenvalue weighted by Gasteiger charge is -2.03. The van der Waals surface area contributed by atoms with Gasteiger partial charge >= 0.3 is 0 Å². The van der Waals surface area contributed by atoms with E-state index in [1.54, 1.807) is 11.5 Å². The molecule has 0 saturated heterocycles. The van der Waals surface area contributed by atoms with E-state index in [4.69, 9.17) is 10.1 Å². The summed E-state index contributed by atoms with van der Waals surface area (Å²) in [6, 6.07) is 19.0. The van der Waals surface area contributed by atoms with Crippen molar-refractivity contribution in [3.8, 4) is 11.8 Å². The molecule has 0 radical (unpaired) electrons. The molecule has 0 spiro atoms. The Balaban J connectivity index is 2.13. The number of para-hydroxylation sites is 3. The lowest BCUT2D eigenvalue weighted by molar-refractivity contribution is 0.190. The van der Waals surface area contributed by atoms with E-state index < -0.39 is 0 Å². The zero-order chi connectivity index (χ0) is 20.4. The van der Waals surface area contributed by atoms with Gasteiger partial charge in [0, 0.05) is 5.69 Å². The molecule has 0 bridgehead atoms. The van der Waals surface area contributed by atoms with E-state index >= 15 is 0 Å². The number of aliphatic hydroxyl groups excluding tert-OH is 1. The van der Waals surface area contributed by atoms with Crippen molar-refractivity contribution in [3.63, 3.8) is 0 Å². The number of ether oxygens (including phenoxy) is 1. The minimum atomic E-state index is -0.333. The van der Waals surface area contributed by atoms with Gasteiger partial charge in [0.05, 0.1) is 17.6 Å². The summed E-state index contributed by atoms with van der Waals surface area (Å²) in [7, 11) is 0. The summed E-state index contributed by atoms with van der Waals surface area (Å²) in [5.41, 5.74) is 2.56. The molecule has 0 aliphatic heterocycles. The van der Waals surface area contributed by atoms with E-state index in [0.29, 0.717) is 16.2 Å². The molecule has 29 heavy (non-hydrogen) atoms. The molecule has 0 atom stereocenters. The average Bonchev–Trinajstić information content (AvgIpc) is 3.31. The third kappa shape index (κ3) is 3.28. The second-order valence-corrected chi connectivity index (χ2v) is 7.08. The molecule has 0 aliphatic rings. The first kappa shape index (κ1) is 18.5. The Bertz CT molecular complexity index is 1370. The molecule has 144 valence electrons. The normalized spacial score (nSPS) is 13.1. The maximum Gasteiger partial charge on any atom is 0.298 e. The van der Waals surface area contributed by atoms with Gasteiger partial charge < -0.3 is 14.8 Å². The first-order chi connectivity index (χ1) is 14.1. The molecule has 4 aromatic rings. The Hall–Kier alpha value is -3.83. The predicted molar refractivity (Wildman–Crippen MR) is 111 cm³/mol. The van der Waals surface area contributed by atoms with Crippen molar-refractivity contribution in [1.29, 1.82) is 10.7 Å². The van der Waals surface area contributed by atoms with Crippen LogP contribution in [0.25, 0.3) is 28.2 Å². The van der Waals surface area contributed by atoms with Crippen LogP contribution in [0.1, 0.15) is 12.7 Å². The first-order valence-electron chi connectivity index (χ1n) is 8.91. The van der Waals surface area contributed by atoms with Crippen molar-refractivity contribution in [2.45, 2.75) is 6.92 Å². The van der Waals surface area contributed by atoms with Crippen molar-refractivity contribution in [2.24, 2.45) is 0 Å². The third-order valence-corrected chi connectivity index (χ3v) is 5.43. The van der Waals surface area contributed by atoms with Gasteiger partial charge in [-0.25, -0.2) is 4.98 Å². The number of fused-ring (bicyclic) bond motifs is 1. The van der Waals surface area contributed by atoms with Crippen LogP contribution in [0.15, 0.2) is 54.6 Å². The molecule has 0 fully saturated rings. The molecule has 4 rings (SSSR count). The summed E-state index contributed by atoms with van der Waals surface area (Å²) in [5.74, 6) is 0.0717. The van der Waals surface area contributed by atoms with Gasteiger partial charge in [-0.2, -0.15) is 5.26 Å². The SMILES string of the molecule is CCO/C(O)=c1\s/c(=C(\C#N)c2nc3ccccc3[nH]2)n(-c2ccccc2)c1=N. The largest absolute Gasteiger partial charge is 0.480 e. The Kier molecular flexibility index (Phi) is 4.89. The highest BCUT2D eigenvalue weighted by atomic mass is 32.1. The highest BCUT2D eigenvalue weighted by molar-refractivity contribution is 7.07. The fraction of sp³-hybridized carbons (Fsp3) is 0.0952. The van der Waals surface area contributed by atoms with Crippen molar-refractivity contribution in [2.75, 3.05) is 6.61 Å². The number of aliphatic hydroxyl groups is 1. The monoisotopic (exact) mass is 403 g/mol. The fourth-order valence-corrected chi connectivity index (χ4v) is 4.06. The molecule has 0 amide bonds. The minimum absolute atomic E-state index is 0.0333. The van der Waals surface area contributed by atoms with Gasteiger partial charge in [-0.1, -0.05) is 30.3 Å². The standard InChI is InChI=1S/C21H17N5O2S/c1-2-28-21(27)17-18(23)26(13-8-4-3-5-9-13)20(29-17)14(12-22)19-24-15-10-6-7-11-16(15)25-19/h3-11,23,27H,2H2,1H3,(H,24,25)/b20-14+,21-17-,23-18?. The second-order valence-electron chi connectivity index (χ2n) is 6.08. The number of aromatic nitrogens is 3. The number of thiazole rings is 1. The average molecular weight is 403 g/mol. The summed E-state index contributed by atoms with van der Waals surface area (Å²) in [6.45, 7) is 2.02. The van der Waals surface area contributed by atoms with E-state index in [9.17, 15) is 10.4 Å². The number of benzene rings is 2. The number of nitriles is 1. The van der Waals surface area contributed by atoms with Crippen molar-refractivity contribution in [3.05, 3.63) is 75.1 Å². The molecule has 0 unspecified atom stereocenters. The molecular weight excluding hydrogens is 386 g/mol. The highest BCUT2D eigenvalue weighted by Gasteiger charge is 2.16. The number of imidazole rings is 1. The molecule has 2 aromatic heterocycles. The lowest BCUT2D eigenvalue weighted by atomic mass is 10.3. The number of rotatable bonds is 4. The summed E-state index contributed by atoms with van der Waals surface area (Å²) in [4.78, 5) is 7.70. The zero-order valence-corrected chi connectivity index (χ0v) is 16.3. The van der Waals surface area contributed by atoms with Gasteiger partial charge in [0.1, 0.15) is 16.3 Å². The predicted octanol–water partition coefficient (Wildman–Crippen LogP) is 2.28. The molecule has 8 heteroatoms. The summed E-state index contributed by atoms with van der Waals surface area (Å²) >= 11 is 1.11. The van der Waals surface area contributed by atoms with Crippen LogP contribution in [0, 0.1) is 16.7 Å². The molecule has 7 nitrogen and oxygen atoms in total. The highest BCUT2D eigenvalue weighted by Crippen LogP contribution is 2.15. The number of nitrogens with one attached hydrogen (secondary N) is 2. The van der Waals surface area contributed by atoms with Gasteiger partial charge in [0.15, 0.2) is 15.8 Å². The van der Waals surface area contributed by atoms with E-state index in [1.807, 2.05) is 54.6 Å². The van der Waals surface area contributed by atoms with Gasteiger partial charge in [-0.15, -0.1) is 11.3 Å². The summed E-state index contributed by atoms with van der Waals surface area (Å²) in [5, 5.41) is 28.8. The van der Waals surface area contributed by atoms with Crippen LogP contribution in [-0.4, -0.2) is 26.2 Å². The Morgan fingerprint density at radius 3 is 2.66 bits per heavy atom. The van der Waals surface area contributed by atoms with Gasteiger partial charge in [0.2, 0.25) is 0 Å². The van der Waals surface area contributed by atoms with Crippen molar-refractivity contribution in [1.82, 2.24) is 14.5 Å². The maximum atomic E-state index is 10.3. The lowest BCUT2D eigenvalue weighted by Crippen LogP contribution is -2.32. The Morgan fingerprint density at radius 2 is 1.97 bits per heavy atom. The van der Waals surface area contributed by atoms with E-state index in [-0.39, 0.29) is 28.1 Å². The number of H-pyrrole nitrogens is 1. The van der Waals surface area contributed by atoms with Crippen LogP contribution in [0.2, 0.25) is 0 Å². The van der Waals surface area contributed by atoms with E-state index in [2.05, 4.69) is 16.0 Å². The van der Waals surface area contributed by atoms with E-state index in [1.165, 1.54) is 0 Å². The van der Waals surface area contributed by atoms with Crippen LogP contribution >= 0.6 is 11.3 Å². The van der Waals surface area contributed by atoms with E-state index in [0.717, 1.165) is 22.4 Å². The summed E-state index contributed by atoms with van der Waals surface area (Å²) in [6.07, 6.45) is 0. The minimum Gasteiger partial charge on any atom is -0.480 e. The third-order valence-electron chi connectivity index (χ3n) is 4.28. The Morgan fingerprint density at radius 1 is 1.24 bits per heavy atom. The van der Waals surface area contributed by atoms with Crippen LogP contribution in [0.5, 0.6) is 0 Å². The first-order valence-corrected chi connectivity index (χ1v) is 9.73. The second kappa shape index (κ2) is 7.66. The molecular formula is C21H17N5O2S. The molecule has 2 heterocycles. The van der Waals surface area contributed by atoms with Crippen LogP contribution in [-0.2, 0) is 4.74 Å². The van der Waals surface area contributed by atoms with Crippen LogP contribution < -0.4 is 14.7 Å². The quantitative estimate of drug-likeness (QED) is 0.485. The molecule has 0 saturated carbocycles. The summed E-state index contributed by atoms with van der Waals surface area (Å²) < 4.78 is 7.55. The number of hydrogen-bond donors (Lipinski definition) is 3. The fourth-order valence-electron chi connectivity index (χ4n) is 3.00. The molecule has 3 N–H and O–H groups in total. The smallest absolute Gasteiger partial charge is 0.298 e. The zero-order valence-electron chi connectivity index (χ0n) is 15.5. The topological polar surface area (TPSA) is 111 Å². The van der Waals surface area contributed by atoms with Crippen LogP contribution in [0.3, 0.4) is 0 Å². The molecule has 2 aromatic carbocycles. The number of hydrogen-bond acceptors (Lipinski definition) is 6. The van der Waals surface area contributed by atoms with Crippen LogP contribution in [0.4, 0.5) is 0 Å². The number of nitrogens with zero attached hydrogens (tertiary/aromatic N) is 3. The van der Waals surface area contributed by atoms with Gasteiger partial charge in [-0.05, 0) is 31.2 Å². The maximum absolute atomic E-state index is 10.3. The van der Waals surface area contributed by atoms with Crippen molar-refractivity contribution >= 4 is 33.9 Å². The van der Waals surface area contributed by atoms with Gasteiger partial charge in [-0.3, -0.25) is 9.98 Å². The number of aromatic amines is 1. The van der Waals surface area contributed by atoms with Crippen molar-refractivity contribution < 1.29 is 9.84 Å².